The van der Waals surface area contributed by atoms with E-state index in [0.29, 0.717) is 12.1 Å². The Labute approximate surface area is 117 Å². The standard InChI is InChI=1S/C14H18N4O2/c1-11-4-5-12(9-13(11)18(19)20)10-15-6-2-3-14-16-7-8-17-14/h4-5,7-9,15H,2-3,6,10H2,1H3,(H,16,17). The van der Waals surface area contributed by atoms with Gasteiger partial charge in [-0.2, -0.15) is 0 Å². The molecule has 0 saturated carbocycles. The normalized spacial score (nSPS) is 10.7. The van der Waals surface area contributed by atoms with Gasteiger partial charge in [-0.1, -0.05) is 12.1 Å². The Bertz CT molecular complexity index is 567. The maximum Gasteiger partial charge on any atom is 0.272 e. The number of nitrogens with zero attached hydrogens (tertiary/aromatic N) is 2. The van der Waals surface area contributed by atoms with Crippen LogP contribution >= 0.6 is 0 Å². The molecule has 2 aromatic rings. The van der Waals surface area contributed by atoms with Crippen LogP contribution < -0.4 is 5.32 Å². The Hall–Kier alpha value is -2.21. The monoisotopic (exact) mass is 274 g/mol. The van der Waals surface area contributed by atoms with Crippen molar-refractivity contribution in [1.29, 1.82) is 0 Å². The number of nitro benzene ring substituents is 1. The quantitative estimate of drug-likeness (QED) is 0.461. The molecule has 6 heteroatoms. The van der Waals surface area contributed by atoms with Gasteiger partial charge in [0.25, 0.3) is 5.69 Å². The van der Waals surface area contributed by atoms with Gasteiger partial charge in [0.2, 0.25) is 0 Å². The van der Waals surface area contributed by atoms with Gasteiger partial charge >= 0.3 is 0 Å². The van der Waals surface area contributed by atoms with Crippen LogP contribution in [0.15, 0.2) is 30.6 Å². The molecule has 0 aliphatic carbocycles. The first-order valence-corrected chi connectivity index (χ1v) is 6.59. The Morgan fingerprint density at radius 2 is 2.30 bits per heavy atom. The second kappa shape index (κ2) is 6.81. The van der Waals surface area contributed by atoms with Crippen molar-refractivity contribution in [2.45, 2.75) is 26.3 Å². The molecule has 0 saturated heterocycles. The smallest absolute Gasteiger partial charge is 0.272 e. The minimum absolute atomic E-state index is 0.180. The zero-order valence-electron chi connectivity index (χ0n) is 11.4. The molecule has 1 aromatic carbocycles. The van der Waals surface area contributed by atoms with Crippen molar-refractivity contribution in [1.82, 2.24) is 15.3 Å². The molecule has 0 amide bonds. The van der Waals surface area contributed by atoms with Crippen molar-refractivity contribution >= 4 is 5.69 Å². The third kappa shape index (κ3) is 3.89. The van der Waals surface area contributed by atoms with Crippen LogP contribution in [-0.2, 0) is 13.0 Å². The lowest BCUT2D eigenvalue weighted by Gasteiger charge is -2.05. The summed E-state index contributed by atoms with van der Waals surface area (Å²) in [6.45, 7) is 3.24. The van der Waals surface area contributed by atoms with Gasteiger partial charge in [-0.25, -0.2) is 4.98 Å². The van der Waals surface area contributed by atoms with Crippen LogP contribution in [0.1, 0.15) is 23.4 Å². The van der Waals surface area contributed by atoms with Gasteiger partial charge in [-0.15, -0.1) is 0 Å². The molecule has 0 bridgehead atoms. The molecule has 0 radical (unpaired) electrons. The first-order valence-electron chi connectivity index (χ1n) is 6.59. The predicted molar refractivity (Wildman–Crippen MR) is 76.4 cm³/mol. The molecule has 0 unspecified atom stereocenters. The van der Waals surface area contributed by atoms with Gasteiger partial charge < -0.3 is 10.3 Å². The highest BCUT2D eigenvalue weighted by Gasteiger charge is 2.10. The van der Waals surface area contributed by atoms with Crippen molar-refractivity contribution < 1.29 is 4.92 Å². The van der Waals surface area contributed by atoms with Crippen molar-refractivity contribution in [2.24, 2.45) is 0 Å². The Morgan fingerprint density at radius 1 is 1.45 bits per heavy atom. The van der Waals surface area contributed by atoms with E-state index in [1.165, 1.54) is 0 Å². The highest BCUT2D eigenvalue weighted by atomic mass is 16.6. The second-order valence-corrected chi connectivity index (χ2v) is 4.69. The molecule has 1 heterocycles. The number of imidazole rings is 1. The third-order valence-electron chi connectivity index (χ3n) is 3.12. The lowest BCUT2D eigenvalue weighted by Crippen LogP contribution is -2.15. The van der Waals surface area contributed by atoms with Crippen LogP contribution in [0.3, 0.4) is 0 Å². The molecule has 0 aliphatic rings. The van der Waals surface area contributed by atoms with Gasteiger partial charge in [0, 0.05) is 37.0 Å². The van der Waals surface area contributed by atoms with Gasteiger partial charge in [0.15, 0.2) is 0 Å². The minimum Gasteiger partial charge on any atom is -0.349 e. The summed E-state index contributed by atoms with van der Waals surface area (Å²) in [6, 6.07) is 5.34. The van der Waals surface area contributed by atoms with Crippen LogP contribution in [-0.4, -0.2) is 21.4 Å². The van der Waals surface area contributed by atoms with Crippen LogP contribution in [0.4, 0.5) is 5.69 Å². The number of nitro groups is 1. The molecule has 0 aliphatic heterocycles. The van der Waals surface area contributed by atoms with Gasteiger partial charge in [0.1, 0.15) is 5.82 Å². The second-order valence-electron chi connectivity index (χ2n) is 4.69. The van der Waals surface area contributed by atoms with E-state index in [4.69, 9.17) is 0 Å². The fourth-order valence-electron chi connectivity index (χ4n) is 2.01. The van der Waals surface area contributed by atoms with E-state index < -0.39 is 0 Å². The average Bonchev–Trinajstić information content (AvgIpc) is 2.93. The Morgan fingerprint density at radius 3 is 3.00 bits per heavy atom. The van der Waals surface area contributed by atoms with E-state index in [0.717, 1.165) is 30.8 Å². The first-order chi connectivity index (χ1) is 9.66. The molecule has 1 aromatic heterocycles. The van der Waals surface area contributed by atoms with E-state index in [1.807, 2.05) is 12.3 Å². The molecule has 20 heavy (non-hydrogen) atoms. The van der Waals surface area contributed by atoms with E-state index in [-0.39, 0.29) is 10.6 Å². The van der Waals surface area contributed by atoms with Crippen LogP contribution in [0.25, 0.3) is 0 Å². The largest absolute Gasteiger partial charge is 0.349 e. The van der Waals surface area contributed by atoms with E-state index >= 15 is 0 Å². The highest BCUT2D eigenvalue weighted by Crippen LogP contribution is 2.18. The van der Waals surface area contributed by atoms with Crippen molar-refractivity contribution in [2.75, 3.05) is 6.54 Å². The molecular weight excluding hydrogens is 256 g/mol. The fraction of sp³-hybridized carbons (Fsp3) is 0.357. The summed E-state index contributed by atoms with van der Waals surface area (Å²) in [4.78, 5) is 17.7. The number of aromatic nitrogens is 2. The number of hydrogen-bond acceptors (Lipinski definition) is 4. The number of aryl methyl sites for hydroxylation is 2. The summed E-state index contributed by atoms with van der Waals surface area (Å²) in [5.41, 5.74) is 1.80. The summed E-state index contributed by atoms with van der Waals surface area (Å²) in [6.07, 6.45) is 5.43. The average molecular weight is 274 g/mol. The van der Waals surface area contributed by atoms with E-state index in [2.05, 4.69) is 15.3 Å². The fourth-order valence-corrected chi connectivity index (χ4v) is 2.01. The first kappa shape index (κ1) is 14.2. The summed E-state index contributed by atoms with van der Waals surface area (Å²) in [5.74, 6) is 0.984. The van der Waals surface area contributed by atoms with Crippen molar-refractivity contribution in [3.8, 4) is 0 Å². The summed E-state index contributed by atoms with van der Waals surface area (Å²) >= 11 is 0. The van der Waals surface area contributed by atoms with E-state index in [9.17, 15) is 10.1 Å². The molecule has 2 N–H and O–H groups in total. The predicted octanol–water partition coefficient (Wildman–Crippen LogP) is 2.35. The number of nitrogens with one attached hydrogen (secondary N) is 2. The van der Waals surface area contributed by atoms with Gasteiger partial charge in [0.05, 0.1) is 4.92 Å². The summed E-state index contributed by atoms with van der Waals surface area (Å²) in [5, 5.41) is 14.1. The molecule has 0 fully saturated rings. The maximum atomic E-state index is 10.9. The van der Waals surface area contributed by atoms with Gasteiger partial charge in [-0.05, 0) is 25.5 Å². The zero-order chi connectivity index (χ0) is 14.4. The minimum atomic E-state index is -0.338. The SMILES string of the molecule is Cc1ccc(CNCCCc2ncc[nH]2)cc1[N+](=O)[O-]. The summed E-state index contributed by atoms with van der Waals surface area (Å²) < 4.78 is 0. The molecule has 2 rings (SSSR count). The highest BCUT2D eigenvalue weighted by molar-refractivity contribution is 5.42. The Kier molecular flexibility index (Phi) is 4.84. The maximum absolute atomic E-state index is 10.9. The molecule has 0 atom stereocenters. The zero-order valence-corrected chi connectivity index (χ0v) is 11.4. The number of H-pyrrole nitrogens is 1. The van der Waals surface area contributed by atoms with Gasteiger partial charge in [-0.3, -0.25) is 10.1 Å². The van der Waals surface area contributed by atoms with Crippen LogP contribution in [0.2, 0.25) is 0 Å². The van der Waals surface area contributed by atoms with Crippen LogP contribution in [0, 0.1) is 17.0 Å². The lowest BCUT2D eigenvalue weighted by atomic mass is 10.1. The molecule has 6 nitrogen and oxygen atoms in total. The number of aromatic amines is 1. The number of hydrogen-bond donors (Lipinski definition) is 2. The van der Waals surface area contributed by atoms with Crippen LogP contribution in [0.5, 0.6) is 0 Å². The molecular formula is C14H18N4O2. The third-order valence-corrected chi connectivity index (χ3v) is 3.12. The topological polar surface area (TPSA) is 83.8 Å². The number of rotatable bonds is 7. The number of benzene rings is 1. The molecule has 106 valence electrons. The summed E-state index contributed by atoms with van der Waals surface area (Å²) in [7, 11) is 0. The Balaban J connectivity index is 1.76. The molecule has 0 spiro atoms. The lowest BCUT2D eigenvalue weighted by molar-refractivity contribution is -0.385. The van der Waals surface area contributed by atoms with E-state index in [1.54, 1.807) is 25.3 Å². The van der Waals surface area contributed by atoms with Crippen molar-refractivity contribution in [3.63, 3.8) is 0 Å². The van der Waals surface area contributed by atoms with Crippen molar-refractivity contribution in [3.05, 3.63) is 57.7 Å².